The minimum atomic E-state index is -3.82. The molecule has 1 N–H and O–H groups in total. The number of aliphatic hydroxyl groups excluding tert-OH is 1. The van der Waals surface area contributed by atoms with Crippen molar-refractivity contribution < 1.29 is 18.3 Å². The quantitative estimate of drug-likeness (QED) is 0.859. The molecule has 0 saturated carbocycles. The molecule has 1 aromatic carbocycles. The van der Waals surface area contributed by atoms with Crippen LogP contribution in [0.4, 0.5) is 0 Å². The molecule has 0 aliphatic heterocycles. The van der Waals surface area contributed by atoms with Gasteiger partial charge < -0.3 is 9.84 Å². The summed E-state index contributed by atoms with van der Waals surface area (Å²) in [4.78, 5) is 0.684. The molecule has 1 unspecified atom stereocenters. The van der Waals surface area contributed by atoms with Crippen molar-refractivity contribution in [2.45, 2.75) is 11.0 Å². The fraction of sp³-hybridized carbons (Fsp3) is 0.286. The maximum Gasteiger partial charge on any atom is 0.246 e. The Bertz CT molecular complexity index is 731. The van der Waals surface area contributed by atoms with Gasteiger partial charge in [0.1, 0.15) is 16.7 Å². The van der Waals surface area contributed by atoms with Crippen LogP contribution in [0.15, 0.2) is 40.6 Å². The maximum atomic E-state index is 12.6. The number of benzene rings is 1. The summed E-state index contributed by atoms with van der Waals surface area (Å²) in [5, 5.41) is 12.2. The summed E-state index contributed by atoms with van der Waals surface area (Å²) in [5.41, 5.74) is 0. The van der Waals surface area contributed by atoms with Gasteiger partial charge >= 0.3 is 0 Å². The second-order valence-corrected chi connectivity index (χ2v) is 8.04. The topological polar surface area (TPSA) is 66.8 Å². The number of nitrogens with zero attached hydrogens (tertiary/aromatic N) is 1. The average Bonchev–Trinajstić information content (AvgIpc) is 3.01. The van der Waals surface area contributed by atoms with Crippen molar-refractivity contribution in [2.75, 3.05) is 20.7 Å². The molecular formula is C14H16ClNO4S2. The van der Waals surface area contributed by atoms with Gasteiger partial charge in [-0.15, -0.1) is 11.3 Å². The standard InChI is InChI=1S/C14H16ClNO4S2/c1-16(9-11(17)13-4-3-7-21-13)22(18,19)14-8-10(15)5-6-12(14)20-2/h3-8,11,17H,9H2,1-2H3. The lowest BCUT2D eigenvalue weighted by Crippen LogP contribution is -2.31. The second-order valence-electron chi connectivity index (χ2n) is 4.61. The Hall–Kier alpha value is -1.12. The number of methoxy groups -OCH3 is 1. The Morgan fingerprint density at radius 3 is 2.73 bits per heavy atom. The van der Waals surface area contributed by atoms with Gasteiger partial charge in [-0.3, -0.25) is 0 Å². The van der Waals surface area contributed by atoms with Crippen molar-refractivity contribution in [1.29, 1.82) is 0 Å². The third-order valence-electron chi connectivity index (χ3n) is 3.12. The van der Waals surface area contributed by atoms with Crippen LogP contribution in [0.2, 0.25) is 5.02 Å². The molecular weight excluding hydrogens is 346 g/mol. The Morgan fingerprint density at radius 1 is 1.41 bits per heavy atom. The van der Waals surface area contributed by atoms with E-state index in [1.807, 2.05) is 5.38 Å². The smallest absolute Gasteiger partial charge is 0.246 e. The van der Waals surface area contributed by atoms with Gasteiger partial charge in [-0.2, -0.15) is 4.31 Å². The number of sulfonamides is 1. The summed E-state index contributed by atoms with van der Waals surface area (Å²) in [6.07, 6.45) is -0.884. The first kappa shape index (κ1) is 17.2. The largest absolute Gasteiger partial charge is 0.495 e. The van der Waals surface area contributed by atoms with Crippen LogP contribution >= 0.6 is 22.9 Å². The number of halogens is 1. The normalized spacial score (nSPS) is 13.3. The molecule has 0 aliphatic rings. The number of hydrogen-bond acceptors (Lipinski definition) is 5. The van der Waals surface area contributed by atoms with E-state index in [1.165, 1.54) is 37.6 Å². The van der Waals surface area contributed by atoms with E-state index < -0.39 is 16.1 Å². The van der Waals surface area contributed by atoms with E-state index in [1.54, 1.807) is 18.2 Å². The predicted octanol–water partition coefficient (Wildman–Crippen LogP) is 2.76. The summed E-state index contributed by atoms with van der Waals surface area (Å²) in [7, 11) is -1.02. The summed E-state index contributed by atoms with van der Waals surface area (Å²) < 4.78 is 31.5. The van der Waals surface area contributed by atoms with Gasteiger partial charge in [-0.05, 0) is 29.6 Å². The van der Waals surface area contributed by atoms with E-state index in [0.717, 1.165) is 4.31 Å². The SMILES string of the molecule is COc1ccc(Cl)cc1S(=O)(=O)N(C)CC(O)c1cccs1. The van der Waals surface area contributed by atoms with Crippen LogP contribution in [0.25, 0.3) is 0 Å². The van der Waals surface area contributed by atoms with Gasteiger partial charge in [-0.25, -0.2) is 8.42 Å². The Kier molecular flexibility index (Phi) is 5.46. The summed E-state index contributed by atoms with van der Waals surface area (Å²) in [6, 6.07) is 7.95. The predicted molar refractivity (Wildman–Crippen MR) is 87.1 cm³/mol. The first-order valence-electron chi connectivity index (χ1n) is 6.37. The van der Waals surface area contributed by atoms with Crippen molar-refractivity contribution >= 4 is 33.0 Å². The minimum absolute atomic E-state index is 0.0246. The number of thiophene rings is 1. The van der Waals surface area contributed by atoms with Gasteiger partial charge in [-0.1, -0.05) is 17.7 Å². The molecule has 2 rings (SSSR count). The van der Waals surface area contributed by atoms with Crippen LogP contribution in [-0.2, 0) is 10.0 Å². The van der Waals surface area contributed by atoms with Gasteiger partial charge in [0, 0.05) is 23.5 Å². The van der Waals surface area contributed by atoms with Gasteiger partial charge in [0.2, 0.25) is 10.0 Å². The number of rotatable bonds is 6. The third kappa shape index (κ3) is 3.61. The summed E-state index contributed by atoms with van der Waals surface area (Å²) in [6.45, 7) is -0.0570. The highest BCUT2D eigenvalue weighted by Crippen LogP contribution is 2.30. The molecule has 0 aliphatic carbocycles. The van der Waals surface area contributed by atoms with Crippen molar-refractivity contribution in [3.8, 4) is 5.75 Å². The Balaban J connectivity index is 2.28. The molecule has 120 valence electrons. The second kappa shape index (κ2) is 6.97. The monoisotopic (exact) mass is 361 g/mol. The molecule has 0 radical (unpaired) electrons. The zero-order valence-corrected chi connectivity index (χ0v) is 14.5. The molecule has 22 heavy (non-hydrogen) atoms. The summed E-state index contributed by atoms with van der Waals surface area (Å²) in [5.74, 6) is 0.210. The number of hydrogen-bond donors (Lipinski definition) is 1. The Morgan fingerprint density at radius 2 is 2.14 bits per heavy atom. The highest BCUT2D eigenvalue weighted by Gasteiger charge is 2.27. The molecule has 0 fully saturated rings. The van der Waals surface area contributed by atoms with Gasteiger partial charge in [0.15, 0.2) is 0 Å². The first-order valence-corrected chi connectivity index (χ1v) is 9.07. The zero-order chi connectivity index (χ0) is 16.3. The minimum Gasteiger partial charge on any atom is -0.495 e. The number of aliphatic hydroxyl groups is 1. The molecule has 1 aromatic heterocycles. The molecule has 0 saturated heterocycles. The van der Waals surface area contributed by atoms with Crippen LogP contribution in [0.3, 0.4) is 0 Å². The van der Waals surface area contributed by atoms with E-state index in [4.69, 9.17) is 16.3 Å². The lowest BCUT2D eigenvalue weighted by Gasteiger charge is -2.21. The van der Waals surface area contributed by atoms with Gasteiger partial charge in [0.05, 0.1) is 7.11 Å². The summed E-state index contributed by atoms with van der Waals surface area (Å²) >= 11 is 7.26. The van der Waals surface area contributed by atoms with E-state index in [2.05, 4.69) is 0 Å². The van der Waals surface area contributed by atoms with Crippen LogP contribution in [0.1, 0.15) is 11.0 Å². The van der Waals surface area contributed by atoms with Gasteiger partial charge in [0.25, 0.3) is 0 Å². The maximum absolute atomic E-state index is 12.6. The lowest BCUT2D eigenvalue weighted by molar-refractivity contribution is 0.158. The molecule has 0 spiro atoms. The van der Waals surface area contributed by atoms with Crippen molar-refractivity contribution in [3.05, 3.63) is 45.6 Å². The van der Waals surface area contributed by atoms with Crippen molar-refractivity contribution in [2.24, 2.45) is 0 Å². The van der Waals surface area contributed by atoms with E-state index in [9.17, 15) is 13.5 Å². The average molecular weight is 362 g/mol. The molecule has 1 heterocycles. The van der Waals surface area contributed by atoms with Crippen LogP contribution in [-0.4, -0.2) is 38.5 Å². The lowest BCUT2D eigenvalue weighted by atomic mass is 10.3. The molecule has 0 amide bonds. The third-order valence-corrected chi connectivity index (χ3v) is 6.17. The molecule has 2 aromatic rings. The van der Waals surface area contributed by atoms with Crippen LogP contribution < -0.4 is 4.74 Å². The van der Waals surface area contributed by atoms with Crippen molar-refractivity contribution in [3.63, 3.8) is 0 Å². The van der Waals surface area contributed by atoms with Crippen molar-refractivity contribution in [1.82, 2.24) is 4.31 Å². The number of likely N-dealkylation sites (N-methyl/N-ethyl adjacent to an activating group) is 1. The molecule has 8 heteroatoms. The van der Waals surface area contributed by atoms with E-state index in [0.29, 0.717) is 9.90 Å². The molecule has 5 nitrogen and oxygen atoms in total. The van der Waals surface area contributed by atoms with Crippen LogP contribution in [0, 0.1) is 0 Å². The molecule has 1 atom stereocenters. The Labute approximate surface area is 138 Å². The first-order chi connectivity index (χ1) is 10.4. The highest BCUT2D eigenvalue weighted by molar-refractivity contribution is 7.89. The number of ether oxygens (including phenoxy) is 1. The molecule has 0 bridgehead atoms. The van der Waals surface area contributed by atoms with E-state index in [-0.39, 0.29) is 17.2 Å². The zero-order valence-electron chi connectivity index (χ0n) is 12.1. The van der Waals surface area contributed by atoms with E-state index >= 15 is 0 Å². The fourth-order valence-electron chi connectivity index (χ4n) is 1.93. The fourth-order valence-corrected chi connectivity index (χ4v) is 4.23. The van der Waals surface area contributed by atoms with Crippen LogP contribution in [0.5, 0.6) is 5.75 Å². The highest BCUT2D eigenvalue weighted by atomic mass is 35.5.